The fourth-order valence-electron chi connectivity index (χ4n) is 1.89. The van der Waals surface area contributed by atoms with Crippen LogP contribution in [0.15, 0.2) is 52.5 Å². The third-order valence-electron chi connectivity index (χ3n) is 2.99. The number of terminal acetylenes is 1. The zero-order valence-electron chi connectivity index (χ0n) is 13.3. The molecule has 2 rings (SSSR count). The smallest absolute Gasteiger partial charge is 0.276 e. The van der Waals surface area contributed by atoms with E-state index in [0.717, 1.165) is 0 Å². The summed E-state index contributed by atoms with van der Waals surface area (Å²) in [6, 6.07) is 11.1. The average Bonchev–Trinajstić information content (AvgIpc) is 2.61. The van der Waals surface area contributed by atoms with Crippen LogP contribution in [0.4, 0.5) is 0 Å². The largest absolute Gasteiger partial charge is 0.493 e. The van der Waals surface area contributed by atoms with Gasteiger partial charge in [-0.1, -0.05) is 35.7 Å². The number of nitrogens with zero attached hydrogens (tertiary/aromatic N) is 1. The quantitative estimate of drug-likeness (QED) is 0.456. The van der Waals surface area contributed by atoms with Crippen molar-refractivity contribution in [3.8, 4) is 23.8 Å². The summed E-state index contributed by atoms with van der Waals surface area (Å²) < 4.78 is 34.7. The van der Waals surface area contributed by atoms with Crippen LogP contribution >= 0.6 is 11.6 Å². The van der Waals surface area contributed by atoms with Crippen molar-refractivity contribution < 1.29 is 17.9 Å². The zero-order chi connectivity index (χ0) is 18.3. The molecule has 25 heavy (non-hydrogen) atoms. The number of hydrazone groups is 1. The van der Waals surface area contributed by atoms with Gasteiger partial charge in [0.15, 0.2) is 11.5 Å². The number of nitrogens with one attached hydrogen (secondary N) is 1. The van der Waals surface area contributed by atoms with Crippen molar-refractivity contribution in [3.63, 3.8) is 0 Å². The summed E-state index contributed by atoms with van der Waals surface area (Å²) in [4.78, 5) is 2.24. The molecule has 0 fully saturated rings. The summed E-state index contributed by atoms with van der Waals surface area (Å²) in [7, 11) is -2.28. The molecule has 8 heteroatoms. The molecular formula is C17H15ClN2O4S. The summed E-state index contributed by atoms with van der Waals surface area (Å²) in [6.07, 6.45) is 6.46. The lowest BCUT2D eigenvalue weighted by molar-refractivity contribution is 0.331. The average molecular weight is 379 g/mol. The van der Waals surface area contributed by atoms with Crippen molar-refractivity contribution in [2.75, 3.05) is 13.7 Å². The fraction of sp³-hybridized carbons (Fsp3) is 0.118. The van der Waals surface area contributed by atoms with Crippen molar-refractivity contribution in [2.24, 2.45) is 5.10 Å². The Labute approximate surface area is 151 Å². The minimum absolute atomic E-state index is 0.0421. The predicted molar refractivity (Wildman–Crippen MR) is 96.7 cm³/mol. The van der Waals surface area contributed by atoms with E-state index in [9.17, 15) is 8.42 Å². The van der Waals surface area contributed by atoms with Gasteiger partial charge in [0.1, 0.15) is 6.61 Å². The van der Waals surface area contributed by atoms with Crippen molar-refractivity contribution in [2.45, 2.75) is 4.90 Å². The molecule has 0 spiro atoms. The maximum Gasteiger partial charge on any atom is 0.276 e. The number of rotatable bonds is 7. The molecule has 2 aromatic rings. The SMILES string of the molecule is C#CCOc1c(Cl)cc(C=NNS(=O)(=O)c2ccccc2)cc1OC. The van der Waals surface area contributed by atoms with Gasteiger partial charge in [-0.2, -0.15) is 13.5 Å². The van der Waals surface area contributed by atoms with Crippen molar-refractivity contribution in [1.82, 2.24) is 4.83 Å². The molecular weight excluding hydrogens is 364 g/mol. The molecule has 0 saturated carbocycles. The van der Waals surface area contributed by atoms with Gasteiger partial charge >= 0.3 is 0 Å². The number of sulfonamides is 1. The van der Waals surface area contributed by atoms with E-state index in [1.807, 2.05) is 0 Å². The van der Waals surface area contributed by atoms with Crippen LogP contribution in [0.1, 0.15) is 5.56 Å². The molecule has 0 heterocycles. The number of hydrogen-bond acceptors (Lipinski definition) is 5. The van der Waals surface area contributed by atoms with Gasteiger partial charge in [0.25, 0.3) is 10.0 Å². The van der Waals surface area contributed by atoms with Gasteiger partial charge in [0, 0.05) is 0 Å². The Balaban J connectivity index is 2.19. The van der Waals surface area contributed by atoms with E-state index in [2.05, 4.69) is 15.9 Å². The Bertz CT molecular complexity index is 906. The molecule has 1 N–H and O–H groups in total. The van der Waals surface area contributed by atoms with Crippen molar-refractivity contribution >= 4 is 27.8 Å². The Morgan fingerprint density at radius 1 is 1.32 bits per heavy atom. The van der Waals surface area contributed by atoms with Crippen LogP contribution in [0.25, 0.3) is 0 Å². The first-order valence-corrected chi connectivity index (χ1v) is 8.87. The molecule has 130 valence electrons. The normalized spacial score (nSPS) is 11.1. The van der Waals surface area contributed by atoms with Crippen LogP contribution in [0.2, 0.25) is 5.02 Å². The van der Waals surface area contributed by atoms with Crippen LogP contribution in [0, 0.1) is 12.3 Å². The highest BCUT2D eigenvalue weighted by atomic mass is 35.5. The van der Waals surface area contributed by atoms with Gasteiger partial charge in [-0.05, 0) is 29.8 Å². The second-order valence-electron chi connectivity index (χ2n) is 4.69. The van der Waals surface area contributed by atoms with Gasteiger partial charge in [-0.3, -0.25) is 0 Å². The maximum absolute atomic E-state index is 12.1. The topological polar surface area (TPSA) is 77.0 Å². The molecule has 0 radical (unpaired) electrons. The first-order valence-electron chi connectivity index (χ1n) is 7.01. The summed E-state index contributed by atoms with van der Waals surface area (Å²) >= 11 is 6.14. The first-order chi connectivity index (χ1) is 12.0. The second kappa shape index (κ2) is 8.42. The molecule has 0 aromatic heterocycles. The maximum atomic E-state index is 12.1. The summed E-state index contributed by atoms with van der Waals surface area (Å²) in [6.45, 7) is 0.0421. The monoisotopic (exact) mass is 378 g/mol. The van der Waals surface area contributed by atoms with E-state index in [1.165, 1.54) is 25.5 Å². The van der Waals surface area contributed by atoms with E-state index in [0.29, 0.717) is 17.1 Å². The third-order valence-corrected chi connectivity index (χ3v) is 4.51. The van der Waals surface area contributed by atoms with E-state index in [4.69, 9.17) is 27.5 Å². The van der Waals surface area contributed by atoms with Crippen molar-refractivity contribution in [1.29, 1.82) is 0 Å². The minimum atomic E-state index is -3.74. The highest BCUT2D eigenvalue weighted by Gasteiger charge is 2.13. The van der Waals surface area contributed by atoms with E-state index in [1.54, 1.807) is 30.3 Å². The summed E-state index contributed by atoms with van der Waals surface area (Å²) in [5.41, 5.74) is 0.519. The van der Waals surface area contributed by atoms with Crippen molar-refractivity contribution in [3.05, 3.63) is 53.1 Å². The number of methoxy groups -OCH3 is 1. The molecule has 0 unspecified atom stereocenters. The second-order valence-corrected chi connectivity index (χ2v) is 6.76. The van der Waals surface area contributed by atoms with Crippen LogP contribution < -0.4 is 14.3 Å². The highest BCUT2D eigenvalue weighted by Crippen LogP contribution is 2.35. The molecule has 0 aliphatic carbocycles. The Hall–Kier alpha value is -2.69. The number of benzene rings is 2. The Morgan fingerprint density at radius 2 is 2.04 bits per heavy atom. The van der Waals surface area contributed by atoms with Gasteiger partial charge in [0.05, 0.1) is 23.2 Å². The van der Waals surface area contributed by atoms with Crippen LogP contribution in [0.5, 0.6) is 11.5 Å². The Kier molecular flexibility index (Phi) is 6.28. The summed E-state index contributed by atoms with van der Waals surface area (Å²) in [5.74, 6) is 3.00. The van der Waals surface area contributed by atoms with Gasteiger partial charge in [0.2, 0.25) is 0 Å². The molecule has 0 bridgehead atoms. The van der Waals surface area contributed by atoms with E-state index < -0.39 is 10.0 Å². The minimum Gasteiger partial charge on any atom is -0.493 e. The van der Waals surface area contributed by atoms with Crippen LogP contribution in [-0.2, 0) is 10.0 Å². The standard InChI is InChI=1S/C17H15ClN2O4S/c1-3-9-24-17-15(18)10-13(11-16(17)23-2)12-19-20-25(21,22)14-7-5-4-6-8-14/h1,4-8,10-12,20H,9H2,2H3. The van der Waals surface area contributed by atoms with E-state index in [-0.39, 0.29) is 16.5 Å². The molecule has 0 atom stereocenters. The third kappa shape index (κ3) is 4.89. The van der Waals surface area contributed by atoms with E-state index >= 15 is 0 Å². The van der Waals surface area contributed by atoms with Gasteiger partial charge < -0.3 is 9.47 Å². The lowest BCUT2D eigenvalue weighted by Crippen LogP contribution is -2.18. The van der Waals surface area contributed by atoms with Gasteiger partial charge in [-0.15, -0.1) is 6.42 Å². The van der Waals surface area contributed by atoms with Gasteiger partial charge in [-0.25, -0.2) is 4.83 Å². The molecule has 2 aromatic carbocycles. The predicted octanol–water partition coefficient (Wildman–Crippen LogP) is 2.67. The number of halogens is 1. The molecule has 0 amide bonds. The lowest BCUT2D eigenvalue weighted by atomic mass is 10.2. The lowest BCUT2D eigenvalue weighted by Gasteiger charge is -2.11. The highest BCUT2D eigenvalue weighted by molar-refractivity contribution is 7.89. The Morgan fingerprint density at radius 3 is 2.68 bits per heavy atom. The number of hydrogen-bond donors (Lipinski definition) is 1. The number of ether oxygens (including phenoxy) is 2. The first kappa shape index (κ1) is 18.6. The molecule has 0 aliphatic heterocycles. The summed E-state index contributed by atoms with van der Waals surface area (Å²) in [5, 5.41) is 4.01. The molecule has 0 aliphatic rings. The zero-order valence-corrected chi connectivity index (χ0v) is 14.8. The van der Waals surface area contributed by atoms with Crippen LogP contribution in [0.3, 0.4) is 0 Å². The van der Waals surface area contributed by atoms with Crippen LogP contribution in [-0.4, -0.2) is 28.3 Å². The molecule has 0 saturated heterocycles. The fourth-order valence-corrected chi connectivity index (χ4v) is 2.98. The molecule has 6 nitrogen and oxygen atoms in total.